The van der Waals surface area contributed by atoms with Crippen LogP contribution in [0.5, 0.6) is 0 Å². The quantitative estimate of drug-likeness (QED) is 0.730. The number of nitrogens with two attached hydrogens (primary N) is 1. The lowest BCUT2D eigenvalue weighted by Gasteiger charge is -2.05. The highest BCUT2D eigenvalue weighted by Crippen LogP contribution is 2.20. The van der Waals surface area contributed by atoms with Crippen molar-refractivity contribution in [1.82, 2.24) is 19.7 Å². The molecule has 6 nitrogen and oxygen atoms in total. The zero-order valence-electron chi connectivity index (χ0n) is 10.3. The van der Waals surface area contributed by atoms with Gasteiger partial charge in [0.1, 0.15) is 12.1 Å². The first-order valence-electron chi connectivity index (χ1n) is 6.08. The lowest BCUT2D eigenvalue weighted by molar-refractivity contribution is 0.895. The third kappa shape index (κ3) is 2.13. The lowest BCUT2D eigenvalue weighted by atomic mass is 10.3. The molecule has 3 aromatic rings. The summed E-state index contributed by atoms with van der Waals surface area (Å²) in [6.45, 7) is 1.22. The van der Waals surface area contributed by atoms with E-state index in [4.69, 9.17) is 5.73 Å². The summed E-state index contributed by atoms with van der Waals surface area (Å²) in [5, 5.41) is 8.44. The topological polar surface area (TPSA) is 81.7 Å². The molecule has 3 rings (SSSR count). The fourth-order valence-electron chi connectivity index (χ4n) is 1.93. The number of fused-ring (bicyclic) bond motifs is 1. The summed E-state index contributed by atoms with van der Waals surface area (Å²) < 4.78 is 1.80. The van der Waals surface area contributed by atoms with Gasteiger partial charge in [0.2, 0.25) is 0 Å². The Kier molecular flexibility index (Phi) is 3.07. The van der Waals surface area contributed by atoms with Crippen LogP contribution >= 0.6 is 0 Å². The Morgan fingerprint density at radius 3 is 2.79 bits per heavy atom. The van der Waals surface area contributed by atoms with Crippen molar-refractivity contribution in [1.29, 1.82) is 0 Å². The molecule has 0 aliphatic heterocycles. The summed E-state index contributed by atoms with van der Waals surface area (Å²) in [6.07, 6.45) is 3.30. The fourth-order valence-corrected chi connectivity index (χ4v) is 1.93. The van der Waals surface area contributed by atoms with Crippen LogP contribution in [0.2, 0.25) is 0 Å². The molecule has 2 aromatic heterocycles. The Bertz CT molecular complexity index is 676. The summed E-state index contributed by atoms with van der Waals surface area (Å²) >= 11 is 0. The van der Waals surface area contributed by atoms with Gasteiger partial charge in [-0.05, 0) is 12.1 Å². The van der Waals surface area contributed by atoms with Crippen LogP contribution in [-0.2, 0) is 0 Å². The standard InChI is InChI=1S/C13H14N6/c14-6-7-15-12-11-8-18-19(13(11)17-9-16-12)10-4-2-1-3-5-10/h1-5,8-9H,6-7,14H2,(H,15,16,17). The average molecular weight is 254 g/mol. The molecular weight excluding hydrogens is 240 g/mol. The molecule has 0 bridgehead atoms. The third-order valence-corrected chi connectivity index (χ3v) is 2.80. The molecule has 0 saturated heterocycles. The maximum absolute atomic E-state index is 5.49. The number of nitrogens with one attached hydrogen (secondary N) is 1. The van der Waals surface area contributed by atoms with Crippen LogP contribution in [0.4, 0.5) is 5.82 Å². The van der Waals surface area contributed by atoms with E-state index in [1.54, 1.807) is 10.9 Å². The fraction of sp³-hybridized carbons (Fsp3) is 0.154. The zero-order chi connectivity index (χ0) is 13.1. The van der Waals surface area contributed by atoms with E-state index in [2.05, 4.69) is 20.4 Å². The molecule has 96 valence electrons. The second-order valence-corrected chi connectivity index (χ2v) is 4.07. The maximum atomic E-state index is 5.49. The molecule has 2 heterocycles. The summed E-state index contributed by atoms with van der Waals surface area (Å²) in [6, 6.07) is 9.89. The molecule has 0 unspecified atom stereocenters. The summed E-state index contributed by atoms with van der Waals surface area (Å²) in [4.78, 5) is 8.52. The molecule has 3 N–H and O–H groups in total. The number of para-hydroxylation sites is 1. The monoisotopic (exact) mass is 254 g/mol. The van der Waals surface area contributed by atoms with Crippen LogP contribution in [0.3, 0.4) is 0 Å². The molecule has 19 heavy (non-hydrogen) atoms. The first-order valence-corrected chi connectivity index (χ1v) is 6.08. The third-order valence-electron chi connectivity index (χ3n) is 2.80. The summed E-state index contributed by atoms with van der Waals surface area (Å²) in [7, 11) is 0. The van der Waals surface area contributed by atoms with Crippen molar-refractivity contribution in [3.63, 3.8) is 0 Å². The van der Waals surface area contributed by atoms with Crippen molar-refractivity contribution in [3.05, 3.63) is 42.9 Å². The number of aromatic nitrogens is 4. The van der Waals surface area contributed by atoms with Crippen LogP contribution in [0, 0.1) is 0 Å². The van der Waals surface area contributed by atoms with E-state index in [-0.39, 0.29) is 0 Å². The van der Waals surface area contributed by atoms with Crippen molar-refractivity contribution in [2.45, 2.75) is 0 Å². The van der Waals surface area contributed by atoms with Crippen molar-refractivity contribution in [2.75, 3.05) is 18.4 Å². The summed E-state index contributed by atoms with van der Waals surface area (Å²) in [5.74, 6) is 0.762. The van der Waals surface area contributed by atoms with E-state index in [1.165, 1.54) is 6.33 Å². The van der Waals surface area contributed by atoms with Gasteiger partial charge in [0.25, 0.3) is 0 Å². The Balaban J connectivity index is 2.09. The number of anilines is 1. The van der Waals surface area contributed by atoms with Gasteiger partial charge in [-0.25, -0.2) is 14.6 Å². The highest BCUT2D eigenvalue weighted by atomic mass is 15.3. The molecule has 6 heteroatoms. The van der Waals surface area contributed by atoms with Gasteiger partial charge in [0, 0.05) is 13.1 Å². The van der Waals surface area contributed by atoms with E-state index in [1.807, 2.05) is 30.3 Å². The largest absolute Gasteiger partial charge is 0.368 e. The molecule has 0 atom stereocenters. The van der Waals surface area contributed by atoms with Gasteiger partial charge in [-0.2, -0.15) is 5.10 Å². The predicted octanol–water partition coefficient (Wildman–Crippen LogP) is 1.19. The molecule has 0 spiro atoms. The Morgan fingerprint density at radius 2 is 2.00 bits per heavy atom. The normalized spacial score (nSPS) is 10.8. The summed E-state index contributed by atoms with van der Waals surface area (Å²) in [5.41, 5.74) is 7.24. The van der Waals surface area contributed by atoms with Crippen LogP contribution < -0.4 is 11.1 Å². The van der Waals surface area contributed by atoms with E-state index >= 15 is 0 Å². The second kappa shape index (κ2) is 5.03. The van der Waals surface area contributed by atoms with Crippen molar-refractivity contribution < 1.29 is 0 Å². The minimum atomic E-state index is 0.554. The highest BCUT2D eigenvalue weighted by molar-refractivity contribution is 5.87. The van der Waals surface area contributed by atoms with E-state index in [9.17, 15) is 0 Å². The predicted molar refractivity (Wildman–Crippen MR) is 74.2 cm³/mol. The number of benzene rings is 1. The molecule has 0 aliphatic carbocycles. The highest BCUT2D eigenvalue weighted by Gasteiger charge is 2.10. The van der Waals surface area contributed by atoms with Gasteiger partial charge in [-0.15, -0.1) is 0 Å². The zero-order valence-corrected chi connectivity index (χ0v) is 10.3. The SMILES string of the molecule is NCCNc1ncnc2c1cnn2-c1ccccc1. The van der Waals surface area contributed by atoms with Gasteiger partial charge >= 0.3 is 0 Å². The maximum Gasteiger partial charge on any atom is 0.168 e. The molecule has 0 aliphatic rings. The minimum absolute atomic E-state index is 0.554. The van der Waals surface area contributed by atoms with Crippen molar-refractivity contribution in [2.24, 2.45) is 5.73 Å². The van der Waals surface area contributed by atoms with Gasteiger partial charge in [0.05, 0.1) is 17.3 Å². The van der Waals surface area contributed by atoms with Crippen molar-refractivity contribution in [3.8, 4) is 5.69 Å². The number of hydrogen-bond acceptors (Lipinski definition) is 5. The molecule has 0 amide bonds. The second-order valence-electron chi connectivity index (χ2n) is 4.07. The van der Waals surface area contributed by atoms with Gasteiger partial charge in [-0.3, -0.25) is 0 Å². The molecule has 0 saturated carbocycles. The van der Waals surface area contributed by atoms with E-state index in [0.717, 1.165) is 22.5 Å². The van der Waals surface area contributed by atoms with Gasteiger partial charge < -0.3 is 11.1 Å². The van der Waals surface area contributed by atoms with Crippen molar-refractivity contribution >= 4 is 16.9 Å². The Labute approximate surface area is 110 Å². The van der Waals surface area contributed by atoms with Crippen LogP contribution in [-0.4, -0.2) is 32.8 Å². The van der Waals surface area contributed by atoms with Gasteiger partial charge in [-0.1, -0.05) is 18.2 Å². The molecule has 0 radical (unpaired) electrons. The Hall–Kier alpha value is -2.47. The number of rotatable bonds is 4. The Morgan fingerprint density at radius 1 is 1.16 bits per heavy atom. The smallest absolute Gasteiger partial charge is 0.168 e. The first-order chi connectivity index (χ1) is 9.40. The minimum Gasteiger partial charge on any atom is -0.368 e. The van der Waals surface area contributed by atoms with Crippen LogP contribution in [0.1, 0.15) is 0 Å². The number of nitrogens with zero attached hydrogens (tertiary/aromatic N) is 4. The van der Waals surface area contributed by atoms with E-state index < -0.39 is 0 Å². The molecule has 0 fully saturated rings. The van der Waals surface area contributed by atoms with Crippen LogP contribution in [0.25, 0.3) is 16.7 Å². The first kappa shape index (κ1) is 11.6. The lowest BCUT2D eigenvalue weighted by Crippen LogP contribution is -2.14. The molecular formula is C13H14N6. The average Bonchev–Trinajstić information content (AvgIpc) is 2.90. The van der Waals surface area contributed by atoms with E-state index in [0.29, 0.717) is 13.1 Å². The van der Waals surface area contributed by atoms with Gasteiger partial charge in [0.15, 0.2) is 5.65 Å². The van der Waals surface area contributed by atoms with Crippen LogP contribution in [0.15, 0.2) is 42.9 Å². The number of hydrogen-bond donors (Lipinski definition) is 2. The molecule has 1 aromatic carbocycles.